The summed E-state index contributed by atoms with van der Waals surface area (Å²) in [6, 6.07) is 3.93. The van der Waals surface area contributed by atoms with Gasteiger partial charge in [-0.05, 0) is 32.8 Å². The average Bonchev–Trinajstić information content (AvgIpc) is 2.91. The molecule has 4 nitrogen and oxygen atoms in total. The molecule has 2 rings (SSSR count). The van der Waals surface area contributed by atoms with Crippen LogP contribution in [0.15, 0.2) is 12.3 Å². The number of nitrogens with zero attached hydrogens (tertiary/aromatic N) is 3. The van der Waals surface area contributed by atoms with E-state index in [4.69, 9.17) is 5.10 Å². The number of nitrogens with one attached hydrogen (secondary N) is 1. The van der Waals surface area contributed by atoms with Gasteiger partial charge in [0.05, 0.1) is 5.69 Å². The van der Waals surface area contributed by atoms with Crippen LogP contribution in [-0.4, -0.2) is 39.9 Å². The Kier molecular flexibility index (Phi) is 6.24. The SMILES string of the molecule is CCCC1CN(Cc2ccn(C(C)C)n2)C(CCC)CN1. The molecule has 2 atom stereocenters. The smallest absolute Gasteiger partial charge is 0.0765 e. The Morgan fingerprint density at radius 3 is 2.67 bits per heavy atom. The van der Waals surface area contributed by atoms with Crippen molar-refractivity contribution in [2.75, 3.05) is 13.1 Å². The molecular formula is C17H32N4. The zero-order valence-corrected chi connectivity index (χ0v) is 14.2. The Morgan fingerprint density at radius 2 is 2.05 bits per heavy atom. The summed E-state index contributed by atoms with van der Waals surface area (Å²) in [5.74, 6) is 0. The highest BCUT2D eigenvalue weighted by Gasteiger charge is 2.27. The normalized spacial score (nSPS) is 23.9. The molecule has 0 radical (unpaired) electrons. The first-order valence-electron chi connectivity index (χ1n) is 8.65. The summed E-state index contributed by atoms with van der Waals surface area (Å²) < 4.78 is 2.07. The molecule has 0 saturated carbocycles. The Labute approximate surface area is 129 Å². The third kappa shape index (κ3) is 4.55. The molecule has 0 bridgehead atoms. The van der Waals surface area contributed by atoms with Gasteiger partial charge in [-0.1, -0.05) is 26.7 Å². The minimum Gasteiger partial charge on any atom is -0.311 e. The van der Waals surface area contributed by atoms with Crippen LogP contribution in [0, 0.1) is 0 Å². The van der Waals surface area contributed by atoms with Crippen LogP contribution < -0.4 is 5.32 Å². The Bertz CT molecular complexity index is 413. The first kappa shape index (κ1) is 16.5. The molecule has 2 unspecified atom stereocenters. The van der Waals surface area contributed by atoms with Gasteiger partial charge in [0.15, 0.2) is 0 Å². The Balaban J connectivity index is 2.00. The van der Waals surface area contributed by atoms with E-state index in [0.29, 0.717) is 18.1 Å². The zero-order valence-electron chi connectivity index (χ0n) is 14.2. The van der Waals surface area contributed by atoms with Crippen molar-refractivity contribution in [1.29, 1.82) is 0 Å². The van der Waals surface area contributed by atoms with Gasteiger partial charge in [0.2, 0.25) is 0 Å². The van der Waals surface area contributed by atoms with E-state index in [1.807, 2.05) is 0 Å². The minimum atomic E-state index is 0.445. The second kappa shape index (κ2) is 7.95. The predicted molar refractivity (Wildman–Crippen MR) is 88.4 cm³/mol. The summed E-state index contributed by atoms with van der Waals surface area (Å²) in [6.45, 7) is 12.2. The summed E-state index contributed by atoms with van der Waals surface area (Å²) >= 11 is 0. The van der Waals surface area contributed by atoms with E-state index >= 15 is 0 Å². The van der Waals surface area contributed by atoms with E-state index in [-0.39, 0.29) is 0 Å². The third-order valence-electron chi connectivity index (χ3n) is 4.43. The maximum absolute atomic E-state index is 4.72. The van der Waals surface area contributed by atoms with Crippen molar-refractivity contribution in [1.82, 2.24) is 20.0 Å². The fourth-order valence-corrected chi connectivity index (χ4v) is 3.24. The minimum absolute atomic E-state index is 0.445. The second-order valence-corrected chi connectivity index (χ2v) is 6.65. The van der Waals surface area contributed by atoms with Gasteiger partial charge in [-0.3, -0.25) is 9.58 Å². The van der Waals surface area contributed by atoms with Crippen LogP contribution in [-0.2, 0) is 6.54 Å². The predicted octanol–water partition coefficient (Wildman–Crippen LogP) is 3.21. The second-order valence-electron chi connectivity index (χ2n) is 6.65. The van der Waals surface area contributed by atoms with Crippen LogP contribution in [0.5, 0.6) is 0 Å². The molecule has 120 valence electrons. The topological polar surface area (TPSA) is 33.1 Å². The van der Waals surface area contributed by atoms with Crippen molar-refractivity contribution >= 4 is 0 Å². The molecule has 1 aromatic rings. The van der Waals surface area contributed by atoms with Crippen molar-refractivity contribution in [3.8, 4) is 0 Å². The Hall–Kier alpha value is -0.870. The molecular weight excluding hydrogens is 260 g/mol. The molecule has 2 heterocycles. The van der Waals surface area contributed by atoms with Gasteiger partial charge in [0.1, 0.15) is 0 Å². The molecule has 1 N–H and O–H groups in total. The van der Waals surface area contributed by atoms with Gasteiger partial charge in [0.25, 0.3) is 0 Å². The lowest BCUT2D eigenvalue weighted by Crippen LogP contribution is -2.55. The maximum atomic E-state index is 4.72. The number of piperazine rings is 1. The molecule has 1 fully saturated rings. The van der Waals surface area contributed by atoms with Gasteiger partial charge >= 0.3 is 0 Å². The van der Waals surface area contributed by atoms with Crippen LogP contribution in [0.25, 0.3) is 0 Å². The molecule has 0 aromatic carbocycles. The van der Waals surface area contributed by atoms with E-state index < -0.39 is 0 Å². The van der Waals surface area contributed by atoms with Gasteiger partial charge in [-0.25, -0.2) is 0 Å². The van der Waals surface area contributed by atoms with E-state index in [1.54, 1.807) is 0 Å². The van der Waals surface area contributed by atoms with Crippen molar-refractivity contribution in [3.63, 3.8) is 0 Å². The van der Waals surface area contributed by atoms with Crippen LogP contribution in [0.2, 0.25) is 0 Å². The number of aromatic nitrogens is 2. The molecule has 21 heavy (non-hydrogen) atoms. The lowest BCUT2D eigenvalue weighted by molar-refractivity contribution is 0.110. The van der Waals surface area contributed by atoms with Crippen molar-refractivity contribution in [2.24, 2.45) is 0 Å². The van der Waals surface area contributed by atoms with E-state index in [2.05, 4.69) is 54.9 Å². The first-order valence-corrected chi connectivity index (χ1v) is 8.65. The Morgan fingerprint density at radius 1 is 1.29 bits per heavy atom. The largest absolute Gasteiger partial charge is 0.311 e. The van der Waals surface area contributed by atoms with Crippen LogP contribution in [0.3, 0.4) is 0 Å². The van der Waals surface area contributed by atoms with Crippen LogP contribution in [0.4, 0.5) is 0 Å². The monoisotopic (exact) mass is 292 g/mol. The number of hydrogen-bond acceptors (Lipinski definition) is 3. The van der Waals surface area contributed by atoms with Gasteiger partial charge in [0, 0.05) is 44.0 Å². The third-order valence-corrected chi connectivity index (χ3v) is 4.43. The summed E-state index contributed by atoms with van der Waals surface area (Å²) in [5, 5.41) is 8.45. The van der Waals surface area contributed by atoms with E-state index in [0.717, 1.165) is 19.6 Å². The molecule has 0 amide bonds. The summed E-state index contributed by atoms with van der Waals surface area (Å²) in [5.41, 5.74) is 1.21. The summed E-state index contributed by atoms with van der Waals surface area (Å²) in [7, 11) is 0. The average molecular weight is 292 g/mol. The van der Waals surface area contributed by atoms with Crippen LogP contribution >= 0.6 is 0 Å². The standard InChI is InChI=1S/C17H32N4/c1-5-7-15-12-20(17(8-6-2)11-18-15)13-16-9-10-21(19-16)14(3)4/h9-10,14-15,17-18H,5-8,11-13H2,1-4H3. The lowest BCUT2D eigenvalue weighted by Gasteiger charge is -2.40. The molecule has 1 saturated heterocycles. The fourth-order valence-electron chi connectivity index (χ4n) is 3.24. The number of hydrogen-bond donors (Lipinski definition) is 1. The molecule has 0 aliphatic carbocycles. The molecule has 1 aliphatic heterocycles. The molecule has 1 aromatic heterocycles. The molecule has 4 heteroatoms. The van der Waals surface area contributed by atoms with Crippen LogP contribution in [0.1, 0.15) is 65.1 Å². The molecule has 0 spiro atoms. The lowest BCUT2D eigenvalue weighted by atomic mass is 10.0. The summed E-state index contributed by atoms with van der Waals surface area (Å²) in [6.07, 6.45) is 7.17. The quantitative estimate of drug-likeness (QED) is 0.838. The van der Waals surface area contributed by atoms with Crippen molar-refractivity contribution in [2.45, 2.75) is 78.0 Å². The zero-order chi connectivity index (χ0) is 15.2. The highest BCUT2D eigenvalue weighted by molar-refractivity contribution is 5.01. The van der Waals surface area contributed by atoms with Crippen molar-refractivity contribution in [3.05, 3.63) is 18.0 Å². The fraction of sp³-hybridized carbons (Fsp3) is 0.824. The van der Waals surface area contributed by atoms with Gasteiger partial charge in [-0.15, -0.1) is 0 Å². The highest BCUT2D eigenvalue weighted by atomic mass is 15.3. The van der Waals surface area contributed by atoms with Gasteiger partial charge in [-0.2, -0.15) is 5.10 Å². The van der Waals surface area contributed by atoms with E-state index in [1.165, 1.54) is 31.4 Å². The molecule has 1 aliphatic rings. The first-order chi connectivity index (χ1) is 10.1. The van der Waals surface area contributed by atoms with E-state index in [9.17, 15) is 0 Å². The maximum Gasteiger partial charge on any atom is 0.0765 e. The summed E-state index contributed by atoms with van der Waals surface area (Å²) in [4.78, 5) is 2.65. The van der Waals surface area contributed by atoms with Gasteiger partial charge < -0.3 is 5.32 Å². The number of rotatable bonds is 7. The highest BCUT2D eigenvalue weighted by Crippen LogP contribution is 2.17. The van der Waals surface area contributed by atoms with Crippen molar-refractivity contribution < 1.29 is 0 Å².